The second-order valence-corrected chi connectivity index (χ2v) is 9.80. The highest BCUT2D eigenvalue weighted by Gasteiger charge is 2.40. The summed E-state index contributed by atoms with van der Waals surface area (Å²) in [5.41, 5.74) is 3.18. The first kappa shape index (κ1) is 22.8. The fourth-order valence-corrected chi connectivity index (χ4v) is 5.61. The van der Waals surface area contributed by atoms with Crippen LogP contribution in [0.1, 0.15) is 57.4 Å². The van der Waals surface area contributed by atoms with Gasteiger partial charge >= 0.3 is 0 Å². The van der Waals surface area contributed by atoms with Crippen LogP contribution in [-0.4, -0.2) is 43.6 Å². The van der Waals surface area contributed by atoms with Crippen LogP contribution in [0, 0.1) is 5.41 Å². The molecule has 0 radical (unpaired) electrons. The average molecular weight is 435 g/mol. The third-order valence-electron chi connectivity index (χ3n) is 7.29. The van der Waals surface area contributed by atoms with Gasteiger partial charge in [0.25, 0.3) is 0 Å². The Kier molecular flexibility index (Phi) is 7.51. The third kappa shape index (κ3) is 5.35. The molecule has 2 fully saturated rings. The number of nitrogens with zero attached hydrogens (tertiary/aromatic N) is 1. The molecule has 0 aromatic heterocycles. The van der Waals surface area contributed by atoms with E-state index in [1.54, 1.807) is 7.11 Å². The highest BCUT2D eigenvalue weighted by atomic mass is 16.5. The minimum atomic E-state index is -0.295. The Hall–Kier alpha value is -2.33. The molecule has 1 saturated heterocycles. The second-order valence-electron chi connectivity index (χ2n) is 9.80. The lowest BCUT2D eigenvalue weighted by atomic mass is 9.69. The zero-order chi connectivity index (χ0) is 22.4. The first-order chi connectivity index (χ1) is 15.6. The maximum absolute atomic E-state index is 13.6. The molecule has 2 aliphatic rings. The van der Waals surface area contributed by atoms with E-state index >= 15 is 0 Å². The number of likely N-dealkylation sites (tertiary alicyclic amines) is 1. The molecule has 0 unspecified atom stereocenters. The molecule has 1 aliphatic heterocycles. The van der Waals surface area contributed by atoms with Gasteiger partial charge in [0.05, 0.1) is 12.5 Å². The van der Waals surface area contributed by atoms with Gasteiger partial charge in [-0.15, -0.1) is 0 Å². The van der Waals surface area contributed by atoms with Crippen molar-refractivity contribution in [3.63, 3.8) is 0 Å². The molecule has 32 heavy (non-hydrogen) atoms. The number of amides is 1. The van der Waals surface area contributed by atoms with E-state index in [9.17, 15) is 4.79 Å². The van der Waals surface area contributed by atoms with Crippen LogP contribution in [-0.2, 0) is 11.2 Å². The molecule has 1 heterocycles. The highest BCUT2D eigenvalue weighted by molar-refractivity contribution is 5.83. The van der Waals surface area contributed by atoms with Gasteiger partial charge < -0.3 is 15.0 Å². The van der Waals surface area contributed by atoms with Crippen molar-refractivity contribution in [3.8, 4) is 16.9 Å². The van der Waals surface area contributed by atoms with Gasteiger partial charge in [0, 0.05) is 18.2 Å². The molecule has 1 atom stereocenters. The molecule has 1 amide bonds. The number of hydrogen-bond acceptors (Lipinski definition) is 3. The molecule has 1 saturated carbocycles. The molecule has 1 aliphatic carbocycles. The lowest BCUT2D eigenvalue weighted by Crippen LogP contribution is -2.49. The van der Waals surface area contributed by atoms with E-state index in [2.05, 4.69) is 47.5 Å². The van der Waals surface area contributed by atoms with E-state index in [4.69, 9.17) is 4.74 Å². The van der Waals surface area contributed by atoms with Gasteiger partial charge in [-0.05, 0) is 69.3 Å². The third-order valence-corrected chi connectivity index (χ3v) is 7.29. The fourth-order valence-electron chi connectivity index (χ4n) is 5.61. The van der Waals surface area contributed by atoms with Crippen molar-refractivity contribution in [1.82, 2.24) is 10.2 Å². The van der Waals surface area contributed by atoms with Crippen molar-refractivity contribution in [2.75, 3.05) is 26.7 Å². The largest absolute Gasteiger partial charge is 0.496 e. The number of methoxy groups -OCH3 is 1. The van der Waals surface area contributed by atoms with Gasteiger partial charge in [0.15, 0.2) is 0 Å². The Balaban J connectivity index is 1.51. The summed E-state index contributed by atoms with van der Waals surface area (Å²) in [6.07, 6.45) is 8.85. The summed E-state index contributed by atoms with van der Waals surface area (Å²) in [5, 5.41) is 3.40. The van der Waals surface area contributed by atoms with Crippen molar-refractivity contribution < 1.29 is 9.53 Å². The maximum Gasteiger partial charge on any atom is 0.226 e. The topological polar surface area (TPSA) is 41.6 Å². The number of hydrogen-bond donors (Lipinski definition) is 1. The van der Waals surface area contributed by atoms with Crippen LogP contribution in [0.15, 0.2) is 48.5 Å². The van der Waals surface area contributed by atoms with E-state index in [1.807, 2.05) is 18.2 Å². The molecule has 1 N–H and O–H groups in total. The first-order valence-electron chi connectivity index (χ1n) is 12.4. The van der Waals surface area contributed by atoms with Crippen LogP contribution in [0.25, 0.3) is 11.1 Å². The normalized spacial score (nSPS) is 19.4. The molecule has 0 bridgehead atoms. The van der Waals surface area contributed by atoms with E-state index in [0.29, 0.717) is 0 Å². The Labute approximate surface area is 193 Å². The van der Waals surface area contributed by atoms with Crippen molar-refractivity contribution in [2.45, 2.75) is 64.3 Å². The predicted molar refractivity (Wildman–Crippen MR) is 131 cm³/mol. The number of rotatable bonds is 8. The summed E-state index contributed by atoms with van der Waals surface area (Å²) < 4.78 is 5.58. The zero-order valence-electron chi connectivity index (χ0n) is 19.7. The predicted octanol–water partition coefficient (Wildman–Crippen LogP) is 5.46. The molecule has 4 nitrogen and oxygen atoms in total. The molecule has 0 spiro atoms. The molecule has 2 aromatic carbocycles. The van der Waals surface area contributed by atoms with Crippen LogP contribution in [0.3, 0.4) is 0 Å². The highest BCUT2D eigenvalue weighted by Crippen LogP contribution is 2.40. The first-order valence-corrected chi connectivity index (χ1v) is 12.4. The second kappa shape index (κ2) is 10.5. The summed E-state index contributed by atoms with van der Waals surface area (Å²) in [5.74, 6) is 1.14. The van der Waals surface area contributed by atoms with Crippen LogP contribution in [0.5, 0.6) is 5.75 Å². The van der Waals surface area contributed by atoms with Crippen molar-refractivity contribution in [2.24, 2.45) is 5.41 Å². The number of nitrogens with one attached hydrogen (secondary N) is 1. The Morgan fingerprint density at radius 1 is 1.03 bits per heavy atom. The standard InChI is InChI=1S/C28H38N2O2/c1-22(21-30-17-8-9-18-30)29-27(31)28(15-6-3-7-16-28)20-23-11-10-12-24(19-23)25-13-4-5-14-26(25)32-2/h4-5,10-14,19,22H,3,6-9,15-18,20-21H2,1-2H3,(H,29,31)/t22-/m1/s1. The van der Waals surface area contributed by atoms with Crippen LogP contribution in [0.2, 0.25) is 0 Å². The van der Waals surface area contributed by atoms with Gasteiger partial charge in [0.1, 0.15) is 5.75 Å². The lowest BCUT2D eigenvalue weighted by Gasteiger charge is -2.37. The molecule has 4 rings (SSSR count). The van der Waals surface area contributed by atoms with Crippen molar-refractivity contribution in [3.05, 3.63) is 54.1 Å². The van der Waals surface area contributed by atoms with Gasteiger partial charge in [-0.25, -0.2) is 0 Å². The number of ether oxygens (including phenoxy) is 1. The molecule has 2 aromatic rings. The average Bonchev–Trinajstić information content (AvgIpc) is 3.32. The summed E-state index contributed by atoms with van der Waals surface area (Å²) in [4.78, 5) is 16.1. The molecular weight excluding hydrogens is 396 g/mol. The van der Waals surface area contributed by atoms with E-state index in [1.165, 1.54) is 37.9 Å². The number of carbonyl (C=O) groups is 1. The Morgan fingerprint density at radius 3 is 2.53 bits per heavy atom. The minimum Gasteiger partial charge on any atom is -0.496 e. The van der Waals surface area contributed by atoms with E-state index in [0.717, 1.165) is 55.5 Å². The van der Waals surface area contributed by atoms with E-state index < -0.39 is 0 Å². The Bertz CT molecular complexity index is 898. The molecule has 4 heteroatoms. The number of carbonyl (C=O) groups excluding carboxylic acids is 1. The van der Waals surface area contributed by atoms with Gasteiger partial charge in [-0.1, -0.05) is 61.7 Å². The van der Waals surface area contributed by atoms with Crippen LogP contribution < -0.4 is 10.1 Å². The molecular formula is C28H38N2O2. The maximum atomic E-state index is 13.6. The van der Waals surface area contributed by atoms with Gasteiger partial charge in [-0.2, -0.15) is 0 Å². The summed E-state index contributed by atoms with van der Waals surface area (Å²) in [6, 6.07) is 17.0. The molecule has 172 valence electrons. The van der Waals surface area contributed by atoms with Gasteiger partial charge in [0.2, 0.25) is 5.91 Å². The summed E-state index contributed by atoms with van der Waals surface area (Å²) in [7, 11) is 1.72. The van der Waals surface area contributed by atoms with E-state index in [-0.39, 0.29) is 17.4 Å². The lowest BCUT2D eigenvalue weighted by molar-refractivity contribution is -0.133. The smallest absolute Gasteiger partial charge is 0.226 e. The monoisotopic (exact) mass is 434 g/mol. The van der Waals surface area contributed by atoms with Crippen LogP contribution in [0.4, 0.5) is 0 Å². The fraction of sp³-hybridized carbons (Fsp3) is 0.536. The summed E-state index contributed by atoms with van der Waals surface area (Å²) >= 11 is 0. The van der Waals surface area contributed by atoms with Crippen molar-refractivity contribution >= 4 is 5.91 Å². The van der Waals surface area contributed by atoms with Crippen LogP contribution >= 0.6 is 0 Å². The summed E-state index contributed by atoms with van der Waals surface area (Å²) in [6.45, 7) is 5.46. The van der Waals surface area contributed by atoms with Gasteiger partial charge in [-0.3, -0.25) is 4.79 Å². The number of para-hydroxylation sites is 1. The SMILES string of the molecule is COc1ccccc1-c1cccc(CC2(C(=O)N[C@H](C)CN3CCCC3)CCCCC2)c1. The quantitative estimate of drug-likeness (QED) is 0.600. The Morgan fingerprint density at radius 2 is 1.78 bits per heavy atom. The number of benzene rings is 2. The van der Waals surface area contributed by atoms with Crippen molar-refractivity contribution in [1.29, 1.82) is 0 Å². The minimum absolute atomic E-state index is 0.194. The zero-order valence-corrected chi connectivity index (χ0v) is 19.7.